The van der Waals surface area contributed by atoms with Crippen LogP contribution in [0, 0.1) is 0 Å². The van der Waals surface area contributed by atoms with E-state index in [1.54, 1.807) is 12.1 Å². The van der Waals surface area contributed by atoms with Crippen LogP contribution >= 0.6 is 22.9 Å². The van der Waals surface area contributed by atoms with E-state index in [0.717, 1.165) is 10.4 Å². The molecule has 156 valence electrons. The molecule has 0 atom stereocenters. The maximum Gasteiger partial charge on any atom is 0.262 e. The molecule has 0 saturated heterocycles. The molecule has 2 aromatic heterocycles. The normalized spacial score (nSPS) is 12.7. The van der Waals surface area contributed by atoms with Gasteiger partial charge >= 0.3 is 0 Å². The van der Waals surface area contributed by atoms with E-state index in [4.69, 9.17) is 21.1 Å². The fraction of sp³-hybridized carbons (Fsp3) is 0.136. The first kappa shape index (κ1) is 19.6. The third-order valence-corrected chi connectivity index (χ3v) is 6.20. The molecule has 2 aromatic carbocycles. The SMILES string of the molecule is O=C(Cn1cnc2sc(-c3ccccc3)cc2c1=O)Nc1cc2c(cc1Cl)OCCO2. The summed E-state index contributed by atoms with van der Waals surface area (Å²) < 4.78 is 12.3. The van der Waals surface area contributed by atoms with Crippen molar-refractivity contribution in [3.63, 3.8) is 0 Å². The standard InChI is InChI=1S/C22H16ClN3O4S/c23-15-9-17-18(30-7-6-29-17)10-16(15)25-20(27)11-26-12-24-21-14(22(26)28)8-19(31-21)13-4-2-1-3-5-13/h1-5,8-10,12H,6-7,11H2,(H,25,27). The number of halogens is 1. The molecular formula is C22H16ClN3O4S. The molecule has 0 saturated carbocycles. The summed E-state index contributed by atoms with van der Waals surface area (Å²) in [7, 11) is 0. The van der Waals surface area contributed by atoms with E-state index in [9.17, 15) is 9.59 Å². The summed E-state index contributed by atoms with van der Waals surface area (Å²) in [5.74, 6) is 0.644. The zero-order valence-corrected chi connectivity index (χ0v) is 17.7. The molecule has 1 aliphatic rings. The monoisotopic (exact) mass is 453 g/mol. The number of nitrogens with zero attached hydrogens (tertiary/aromatic N) is 2. The molecule has 31 heavy (non-hydrogen) atoms. The Kier molecular flexibility index (Phi) is 5.09. The average Bonchev–Trinajstić information content (AvgIpc) is 3.22. The first-order chi connectivity index (χ1) is 15.1. The summed E-state index contributed by atoms with van der Waals surface area (Å²) in [4.78, 5) is 31.4. The van der Waals surface area contributed by atoms with Crippen LogP contribution in [0.5, 0.6) is 11.5 Å². The van der Waals surface area contributed by atoms with Gasteiger partial charge in [-0.15, -0.1) is 11.3 Å². The van der Waals surface area contributed by atoms with Crippen molar-refractivity contribution in [1.29, 1.82) is 0 Å². The first-order valence-corrected chi connectivity index (χ1v) is 10.7. The molecule has 0 bridgehead atoms. The van der Waals surface area contributed by atoms with Crippen LogP contribution < -0.4 is 20.3 Å². The van der Waals surface area contributed by atoms with Gasteiger partial charge in [0.15, 0.2) is 11.5 Å². The molecule has 3 heterocycles. The van der Waals surface area contributed by atoms with Crippen molar-refractivity contribution < 1.29 is 14.3 Å². The number of carbonyl (C=O) groups is 1. The summed E-state index contributed by atoms with van der Waals surface area (Å²) in [5.41, 5.74) is 1.13. The van der Waals surface area contributed by atoms with Gasteiger partial charge in [-0.25, -0.2) is 4.98 Å². The molecule has 1 amide bonds. The second-order valence-corrected chi connectivity index (χ2v) is 8.33. The minimum atomic E-state index is -0.402. The van der Waals surface area contributed by atoms with Crippen LogP contribution in [-0.2, 0) is 11.3 Å². The quantitative estimate of drug-likeness (QED) is 0.501. The van der Waals surface area contributed by atoms with Gasteiger partial charge in [0, 0.05) is 17.0 Å². The number of benzene rings is 2. The van der Waals surface area contributed by atoms with Gasteiger partial charge < -0.3 is 14.8 Å². The summed E-state index contributed by atoms with van der Waals surface area (Å²) in [6, 6.07) is 14.8. The Labute approximate surface area is 185 Å². The van der Waals surface area contributed by atoms with Crippen LogP contribution in [0.2, 0.25) is 5.02 Å². The van der Waals surface area contributed by atoms with Gasteiger partial charge in [-0.3, -0.25) is 14.2 Å². The number of anilines is 1. The number of carbonyl (C=O) groups excluding carboxylic acids is 1. The molecule has 9 heteroatoms. The Morgan fingerprint density at radius 2 is 1.87 bits per heavy atom. The lowest BCUT2D eigenvalue weighted by atomic mass is 10.2. The molecule has 5 rings (SSSR count). The van der Waals surface area contributed by atoms with E-state index in [-0.39, 0.29) is 12.1 Å². The van der Waals surface area contributed by atoms with Crippen molar-refractivity contribution in [3.8, 4) is 21.9 Å². The first-order valence-electron chi connectivity index (χ1n) is 9.52. The van der Waals surface area contributed by atoms with Crippen LogP contribution in [0.25, 0.3) is 20.7 Å². The number of ether oxygens (including phenoxy) is 2. The Balaban J connectivity index is 1.38. The van der Waals surface area contributed by atoms with Crippen molar-refractivity contribution in [2.75, 3.05) is 18.5 Å². The highest BCUT2D eigenvalue weighted by molar-refractivity contribution is 7.21. The van der Waals surface area contributed by atoms with Gasteiger partial charge in [0.1, 0.15) is 24.6 Å². The van der Waals surface area contributed by atoms with Crippen molar-refractivity contribution in [2.24, 2.45) is 0 Å². The second-order valence-electron chi connectivity index (χ2n) is 6.90. The van der Waals surface area contributed by atoms with Crippen molar-refractivity contribution in [2.45, 2.75) is 6.54 Å². The van der Waals surface area contributed by atoms with Crippen LogP contribution in [-0.4, -0.2) is 28.7 Å². The van der Waals surface area contributed by atoms with E-state index in [0.29, 0.717) is 45.6 Å². The predicted molar refractivity (Wildman–Crippen MR) is 120 cm³/mol. The number of fused-ring (bicyclic) bond motifs is 2. The van der Waals surface area contributed by atoms with Crippen LogP contribution in [0.3, 0.4) is 0 Å². The Bertz CT molecular complexity index is 1350. The second kappa shape index (κ2) is 8.05. The van der Waals surface area contributed by atoms with Crippen molar-refractivity contribution >= 4 is 44.7 Å². The summed E-state index contributed by atoms with van der Waals surface area (Å²) in [6.07, 6.45) is 1.39. The van der Waals surface area contributed by atoms with Crippen molar-refractivity contribution in [3.05, 3.63) is 70.2 Å². The Morgan fingerprint density at radius 3 is 2.65 bits per heavy atom. The molecule has 0 fully saturated rings. The largest absolute Gasteiger partial charge is 0.486 e. The molecule has 0 unspecified atom stereocenters. The molecule has 0 aliphatic carbocycles. The van der Waals surface area contributed by atoms with Gasteiger partial charge in [-0.05, 0) is 11.6 Å². The molecule has 0 radical (unpaired) electrons. The number of thiophene rings is 1. The highest BCUT2D eigenvalue weighted by Gasteiger charge is 2.17. The summed E-state index contributed by atoms with van der Waals surface area (Å²) in [5, 5.41) is 3.53. The average molecular weight is 454 g/mol. The van der Waals surface area contributed by atoms with Crippen LogP contribution in [0.15, 0.2) is 59.7 Å². The fourth-order valence-corrected chi connectivity index (χ4v) is 4.52. The van der Waals surface area contributed by atoms with E-state index in [1.165, 1.54) is 22.2 Å². The zero-order chi connectivity index (χ0) is 21.4. The Morgan fingerprint density at radius 1 is 1.13 bits per heavy atom. The van der Waals surface area contributed by atoms with E-state index in [2.05, 4.69) is 10.3 Å². The lowest BCUT2D eigenvalue weighted by Crippen LogP contribution is -2.27. The topological polar surface area (TPSA) is 82.5 Å². The molecule has 0 spiro atoms. The summed E-state index contributed by atoms with van der Waals surface area (Å²) in [6.45, 7) is 0.680. The van der Waals surface area contributed by atoms with Gasteiger partial charge in [0.2, 0.25) is 5.91 Å². The Hall–Kier alpha value is -3.36. The van der Waals surface area contributed by atoms with Crippen LogP contribution in [0.1, 0.15) is 0 Å². The van der Waals surface area contributed by atoms with Crippen LogP contribution in [0.4, 0.5) is 5.69 Å². The smallest absolute Gasteiger partial charge is 0.262 e. The number of rotatable bonds is 4. The lowest BCUT2D eigenvalue weighted by molar-refractivity contribution is -0.116. The lowest BCUT2D eigenvalue weighted by Gasteiger charge is -2.20. The van der Waals surface area contributed by atoms with E-state index in [1.807, 2.05) is 36.4 Å². The minimum absolute atomic E-state index is 0.191. The van der Waals surface area contributed by atoms with Gasteiger partial charge in [-0.2, -0.15) is 0 Å². The van der Waals surface area contributed by atoms with Gasteiger partial charge in [-0.1, -0.05) is 41.9 Å². The number of aromatic nitrogens is 2. The predicted octanol–water partition coefficient (Wildman–Crippen LogP) is 4.19. The van der Waals surface area contributed by atoms with Crippen molar-refractivity contribution in [1.82, 2.24) is 9.55 Å². The number of amides is 1. The third kappa shape index (κ3) is 3.87. The molecule has 1 aliphatic heterocycles. The maximum atomic E-state index is 12.9. The minimum Gasteiger partial charge on any atom is -0.486 e. The molecular weight excluding hydrogens is 438 g/mol. The maximum absolute atomic E-state index is 12.9. The van der Waals surface area contributed by atoms with E-state index >= 15 is 0 Å². The molecule has 4 aromatic rings. The van der Waals surface area contributed by atoms with Gasteiger partial charge in [0.05, 0.1) is 22.4 Å². The number of hydrogen-bond acceptors (Lipinski definition) is 6. The fourth-order valence-electron chi connectivity index (χ4n) is 3.32. The molecule has 1 N–H and O–H groups in total. The number of hydrogen-bond donors (Lipinski definition) is 1. The third-order valence-electron chi connectivity index (χ3n) is 4.80. The zero-order valence-electron chi connectivity index (χ0n) is 16.1. The van der Waals surface area contributed by atoms with E-state index < -0.39 is 5.91 Å². The highest BCUT2D eigenvalue weighted by atomic mass is 35.5. The van der Waals surface area contributed by atoms with Gasteiger partial charge in [0.25, 0.3) is 5.56 Å². The summed E-state index contributed by atoms with van der Waals surface area (Å²) >= 11 is 7.69. The molecule has 7 nitrogen and oxygen atoms in total. The number of nitrogens with one attached hydrogen (secondary N) is 1. The highest BCUT2D eigenvalue weighted by Crippen LogP contribution is 2.38.